The summed E-state index contributed by atoms with van der Waals surface area (Å²) < 4.78 is 5.85. The molecule has 2 bridgehead atoms. The predicted molar refractivity (Wildman–Crippen MR) is 75.3 cm³/mol. The number of carbonyl (C=O) groups excluding carboxylic acids is 2. The Bertz CT molecular complexity index is 670. The lowest BCUT2D eigenvalue weighted by atomic mass is 9.77. The number of ether oxygens (including phenoxy) is 1. The number of nitrogens with zero attached hydrogens (tertiary/aromatic N) is 1. The van der Waals surface area contributed by atoms with Crippen molar-refractivity contribution in [3.63, 3.8) is 0 Å². The van der Waals surface area contributed by atoms with Crippen LogP contribution in [-0.4, -0.2) is 35.0 Å². The summed E-state index contributed by atoms with van der Waals surface area (Å²) in [6.07, 6.45) is 3.08. The molecule has 1 spiro atoms. The number of rotatable bonds is 3. The van der Waals surface area contributed by atoms with Crippen LogP contribution < -0.4 is 5.11 Å². The molecular formula is C17H16NO4-. The van der Waals surface area contributed by atoms with E-state index in [0.717, 1.165) is 5.56 Å². The molecule has 5 nitrogen and oxygen atoms in total. The molecule has 3 heterocycles. The highest BCUT2D eigenvalue weighted by Crippen LogP contribution is 2.52. The van der Waals surface area contributed by atoms with Crippen LogP contribution in [0.5, 0.6) is 0 Å². The average molecular weight is 298 g/mol. The lowest BCUT2D eigenvalue weighted by Crippen LogP contribution is -2.45. The van der Waals surface area contributed by atoms with Crippen molar-refractivity contribution in [3.8, 4) is 0 Å². The number of carboxylic acid groups (broad SMARTS) is 1. The molecule has 1 aromatic carbocycles. The van der Waals surface area contributed by atoms with Crippen LogP contribution in [-0.2, 0) is 14.3 Å². The number of carboxylic acids is 1. The van der Waals surface area contributed by atoms with Crippen LogP contribution >= 0.6 is 0 Å². The Morgan fingerprint density at radius 1 is 1.41 bits per heavy atom. The smallest absolute Gasteiger partial charge is 0.230 e. The normalized spacial score (nSPS) is 36.7. The maximum atomic E-state index is 12.8. The first-order valence-corrected chi connectivity index (χ1v) is 7.47. The molecule has 1 amide bonds. The van der Waals surface area contributed by atoms with Crippen molar-refractivity contribution >= 4 is 11.9 Å². The van der Waals surface area contributed by atoms with Gasteiger partial charge < -0.3 is 19.5 Å². The van der Waals surface area contributed by atoms with Crippen molar-refractivity contribution in [3.05, 3.63) is 48.0 Å². The fourth-order valence-electron chi connectivity index (χ4n) is 4.04. The molecule has 1 aromatic rings. The number of hydrogen-bond donors (Lipinski definition) is 0. The minimum absolute atomic E-state index is 0.118. The summed E-state index contributed by atoms with van der Waals surface area (Å²) in [6, 6.07) is 9.60. The maximum Gasteiger partial charge on any atom is 0.230 e. The van der Waals surface area contributed by atoms with Gasteiger partial charge in [-0.3, -0.25) is 4.79 Å². The highest BCUT2D eigenvalue weighted by atomic mass is 16.5. The van der Waals surface area contributed by atoms with Crippen molar-refractivity contribution in [2.45, 2.75) is 24.7 Å². The van der Waals surface area contributed by atoms with Gasteiger partial charge in [0.05, 0.1) is 24.6 Å². The molecule has 5 atom stereocenters. The molecule has 2 fully saturated rings. The van der Waals surface area contributed by atoms with E-state index in [1.165, 1.54) is 0 Å². The maximum absolute atomic E-state index is 12.8. The van der Waals surface area contributed by atoms with Gasteiger partial charge in [0.15, 0.2) is 0 Å². The number of carbonyl (C=O) groups is 2. The zero-order chi connectivity index (χ0) is 15.5. The van der Waals surface area contributed by atoms with E-state index in [-0.39, 0.29) is 11.9 Å². The average Bonchev–Trinajstić information content (AvgIpc) is 3.15. The molecule has 0 aliphatic carbocycles. The number of amides is 1. The van der Waals surface area contributed by atoms with E-state index in [2.05, 4.69) is 0 Å². The SMILES string of the molecule is C[C@@H](c1ccccc1)N1C[C@]23C=C[C@H](O2)[C@@H](C(=O)[O-])[C@@H]3C1=O. The molecular weight excluding hydrogens is 282 g/mol. The fourth-order valence-corrected chi connectivity index (χ4v) is 4.04. The molecule has 5 heteroatoms. The van der Waals surface area contributed by atoms with E-state index in [9.17, 15) is 14.7 Å². The largest absolute Gasteiger partial charge is 0.550 e. The molecule has 3 aliphatic heterocycles. The molecule has 0 aromatic heterocycles. The van der Waals surface area contributed by atoms with Crippen molar-refractivity contribution in [1.82, 2.24) is 4.90 Å². The van der Waals surface area contributed by atoms with E-state index in [1.54, 1.807) is 11.0 Å². The van der Waals surface area contributed by atoms with Crippen LogP contribution in [0.15, 0.2) is 42.5 Å². The number of likely N-dealkylation sites (tertiary alicyclic amines) is 1. The van der Waals surface area contributed by atoms with Gasteiger partial charge in [-0.1, -0.05) is 42.5 Å². The Morgan fingerprint density at radius 3 is 2.82 bits per heavy atom. The Kier molecular flexibility index (Phi) is 2.72. The van der Waals surface area contributed by atoms with E-state index in [4.69, 9.17) is 4.74 Å². The molecule has 4 rings (SSSR count). The second-order valence-electron chi connectivity index (χ2n) is 6.27. The number of aliphatic carboxylic acids is 1. The highest BCUT2D eigenvalue weighted by Gasteiger charge is 2.65. The summed E-state index contributed by atoms with van der Waals surface area (Å²) in [5.74, 6) is -2.91. The lowest BCUT2D eigenvalue weighted by molar-refractivity contribution is -0.313. The highest BCUT2D eigenvalue weighted by molar-refractivity contribution is 5.90. The van der Waals surface area contributed by atoms with E-state index in [0.29, 0.717) is 6.54 Å². The van der Waals surface area contributed by atoms with Crippen molar-refractivity contribution in [1.29, 1.82) is 0 Å². The van der Waals surface area contributed by atoms with Crippen LogP contribution in [0.25, 0.3) is 0 Å². The molecule has 22 heavy (non-hydrogen) atoms. The quantitative estimate of drug-likeness (QED) is 0.752. The van der Waals surface area contributed by atoms with Gasteiger partial charge in [-0.2, -0.15) is 0 Å². The van der Waals surface area contributed by atoms with Gasteiger partial charge in [0, 0.05) is 11.9 Å². The third-order valence-electron chi connectivity index (χ3n) is 5.15. The zero-order valence-corrected chi connectivity index (χ0v) is 12.1. The fraction of sp³-hybridized carbons (Fsp3) is 0.412. The van der Waals surface area contributed by atoms with Crippen LogP contribution in [0.1, 0.15) is 18.5 Å². The molecule has 0 N–H and O–H groups in total. The van der Waals surface area contributed by atoms with E-state index >= 15 is 0 Å². The van der Waals surface area contributed by atoms with E-state index in [1.807, 2.05) is 43.3 Å². The van der Waals surface area contributed by atoms with Gasteiger partial charge in [-0.25, -0.2) is 0 Å². The second kappa shape index (κ2) is 4.43. The molecule has 0 saturated carbocycles. The summed E-state index contributed by atoms with van der Waals surface area (Å²) >= 11 is 0. The number of fused-ring (bicyclic) bond motifs is 1. The van der Waals surface area contributed by atoms with Crippen molar-refractivity contribution in [2.24, 2.45) is 11.8 Å². The molecule has 114 valence electrons. The summed E-state index contributed by atoms with van der Waals surface area (Å²) in [5, 5.41) is 11.4. The van der Waals surface area contributed by atoms with Crippen LogP contribution in [0.3, 0.4) is 0 Å². The van der Waals surface area contributed by atoms with Gasteiger partial charge in [0.2, 0.25) is 5.91 Å². The molecule has 0 radical (unpaired) electrons. The van der Waals surface area contributed by atoms with Gasteiger partial charge >= 0.3 is 0 Å². The third kappa shape index (κ3) is 1.63. The summed E-state index contributed by atoms with van der Waals surface area (Å²) in [6.45, 7) is 2.35. The standard InChI is InChI=1S/C17H17NO4/c1-10(11-5-3-2-4-6-11)18-9-17-8-7-12(22-17)13(16(20)21)14(17)15(18)19/h2-8,10,12-14H,9H2,1H3,(H,20,21)/p-1/t10-,12-,13+,14+,17-/m0/s1. The van der Waals surface area contributed by atoms with E-state index < -0.39 is 29.5 Å². The van der Waals surface area contributed by atoms with Crippen LogP contribution in [0.2, 0.25) is 0 Å². The molecule has 2 saturated heterocycles. The molecule has 3 aliphatic rings. The second-order valence-corrected chi connectivity index (χ2v) is 6.27. The van der Waals surface area contributed by atoms with Gasteiger partial charge in [-0.05, 0) is 12.5 Å². The van der Waals surface area contributed by atoms with Crippen molar-refractivity contribution < 1.29 is 19.4 Å². The number of hydrogen-bond acceptors (Lipinski definition) is 4. The monoisotopic (exact) mass is 298 g/mol. The Balaban J connectivity index is 1.68. The first kappa shape index (κ1) is 13.5. The predicted octanol–water partition coefficient (Wildman–Crippen LogP) is 0.279. The first-order valence-electron chi connectivity index (χ1n) is 7.47. The minimum atomic E-state index is -1.20. The first-order chi connectivity index (χ1) is 10.5. The van der Waals surface area contributed by atoms with Gasteiger partial charge in [0.1, 0.15) is 5.60 Å². The zero-order valence-electron chi connectivity index (χ0n) is 12.1. The summed E-state index contributed by atoms with van der Waals surface area (Å²) in [7, 11) is 0. The summed E-state index contributed by atoms with van der Waals surface area (Å²) in [5.41, 5.74) is 0.228. The third-order valence-corrected chi connectivity index (χ3v) is 5.15. The van der Waals surface area contributed by atoms with Crippen molar-refractivity contribution in [2.75, 3.05) is 6.54 Å². The Labute approximate surface area is 128 Å². The Morgan fingerprint density at radius 2 is 2.14 bits per heavy atom. The van der Waals surface area contributed by atoms with Gasteiger partial charge in [0.25, 0.3) is 0 Å². The van der Waals surface area contributed by atoms with Crippen LogP contribution in [0.4, 0.5) is 0 Å². The summed E-state index contributed by atoms with van der Waals surface area (Å²) in [4.78, 5) is 26.0. The Hall–Kier alpha value is -2.14. The molecule has 0 unspecified atom stereocenters. The van der Waals surface area contributed by atoms with Gasteiger partial charge in [-0.15, -0.1) is 0 Å². The number of benzene rings is 1. The minimum Gasteiger partial charge on any atom is -0.550 e. The lowest BCUT2D eigenvalue weighted by Gasteiger charge is -2.28. The topological polar surface area (TPSA) is 69.7 Å². The van der Waals surface area contributed by atoms with Crippen LogP contribution in [0, 0.1) is 11.8 Å².